The molecule has 2 aromatic heterocycles. The average molecular weight is 478 g/mol. The van der Waals surface area contributed by atoms with Crippen LogP contribution in [0.25, 0.3) is 21.3 Å². The van der Waals surface area contributed by atoms with Gasteiger partial charge in [0.05, 0.1) is 28.8 Å². The molecule has 0 bridgehead atoms. The van der Waals surface area contributed by atoms with E-state index < -0.39 is 22.4 Å². The van der Waals surface area contributed by atoms with Gasteiger partial charge < -0.3 is 10.1 Å². The maximum Gasteiger partial charge on any atom is 0.338 e. The summed E-state index contributed by atoms with van der Waals surface area (Å²) in [7, 11) is 0. The summed E-state index contributed by atoms with van der Waals surface area (Å²) in [5, 5.41) is 15.7. The third kappa shape index (κ3) is 4.69. The number of nitro benzene ring substituents is 1. The molecule has 172 valence electrons. The average Bonchev–Trinajstić information content (AvgIpc) is 3.26. The van der Waals surface area contributed by atoms with Gasteiger partial charge in [0.25, 0.3) is 11.2 Å². The van der Waals surface area contributed by atoms with Crippen molar-refractivity contribution in [1.29, 1.82) is 0 Å². The number of aromatic nitrogens is 2. The van der Waals surface area contributed by atoms with E-state index in [4.69, 9.17) is 4.74 Å². The minimum absolute atomic E-state index is 0.0532. The third-order valence-electron chi connectivity index (χ3n) is 4.92. The number of thiophene rings is 1. The van der Waals surface area contributed by atoms with Crippen molar-refractivity contribution in [3.8, 4) is 11.1 Å². The first kappa shape index (κ1) is 22.8. The quantitative estimate of drug-likeness (QED) is 0.242. The number of nitrogens with one attached hydrogen (secondary N) is 1. The number of non-ortho nitro benzene ring substituents is 1. The van der Waals surface area contributed by atoms with Gasteiger partial charge in [0.15, 0.2) is 0 Å². The van der Waals surface area contributed by atoms with Gasteiger partial charge in [-0.05, 0) is 42.8 Å². The Morgan fingerprint density at radius 3 is 2.68 bits per heavy atom. The van der Waals surface area contributed by atoms with Crippen LogP contribution in [0, 0.1) is 10.1 Å². The highest BCUT2D eigenvalue weighted by molar-refractivity contribution is 7.17. The molecular weight excluding hydrogens is 460 g/mol. The fourth-order valence-electron chi connectivity index (χ4n) is 3.35. The van der Waals surface area contributed by atoms with E-state index in [1.165, 1.54) is 40.4 Å². The van der Waals surface area contributed by atoms with Crippen LogP contribution < -0.4 is 10.9 Å². The molecule has 0 aliphatic carbocycles. The van der Waals surface area contributed by atoms with Gasteiger partial charge in [-0.2, -0.15) is 0 Å². The van der Waals surface area contributed by atoms with E-state index in [-0.39, 0.29) is 18.8 Å². The number of nitro groups is 1. The summed E-state index contributed by atoms with van der Waals surface area (Å²) in [4.78, 5) is 52.8. The van der Waals surface area contributed by atoms with E-state index in [0.29, 0.717) is 32.6 Å². The van der Waals surface area contributed by atoms with Crippen LogP contribution in [-0.4, -0.2) is 33.0 Å². The number of hydrogen-bond acceptors (Lipinski definition) is 8. The first-order chi connectivity index (χ1) is 16.4. The van der Waals surface area contributed by atoms with Crippen molar-refractivity contribution in [3.05, 3.63) is 86.3 Å². The second-order valence-electron chi connectivity index (χ2n) is 7.16. The SMILES string of the molecule is CCOC(=O)c1cccc(NC(=O)Cn2cnc3scc(-c4ccc([N+](=O)[O-])cc4)c3c2=O)c1. The molecule has 34 heavy (non-hydrogen) atoms. The summed E-state index contributed by atoms with van der Waals surface area (Å²) in [5.41, 5.74) is 1.45. The minimum Gasteiger partial charge on any atom is -0.462 e. The first-order valence-electron chi connectivity index (χ1n) is 10.2. The Hall–Kier alpha value is -4.38. The predicted molar refractivity (Wildman–Crippen MR) is 127 cm³/mol. The predicted octanol–water partition coefficient (Wildman–Crippen LogP) is 3.85. The van der Waals surface area contributed by atoms with Crippen LogP contribution in [0.1, 0.15) is 17.3 Å². The molecule has 10 nitrogen and oxygen atoms in total. The molecule has 0 saturated carbocycles. The van der Waals surface area contributed by atoms with Crippen molar-refractivity contribution in [2.75, 3.05) is 11.9 Å². The van der Waals surface area contributed by atoms with E-state index in [0.717, 1.165) is 0 Å². The van der Waals surface area contributed by atoms with Gasteiger partial charge in [0.1, 0.15) is 11.4 Å². The Bertz CT molecular complexity index is 1460. The third-order valence-corrected chi connectivity index (χ3v) is 5.81. The highest BCUT2D eigenvalue weighted by atomic mass is 32.1. The molecule has 1 N–H and O–H groups in total. The Labute approximate surface area is 196 Å². The number of esters is 1. The molecule has 1 amide bonds. The molecule has 0 radical (unpaired) electrons. The summed E-state index contributed by atoms with van der Waals surface area (Å²) in [6, 6.07) is 12.2. The molecule has 4 rings (SSSR count). The molecular formula is C23H18N4O6S. The van der Waals surface area contributed by atoms with Crippen LogP contribution in [0.3, 0.4) is 0 Å². The van der Waals surface area contributed by atoms with Crippen molar-refractivity contribution in [1.82, 2.24) is 9.55 Å². The van der Waals surface area contributed by atoms with Gasteiger partial charge in [-0.1, -0.05) is 6.07 Å². The molecule has 0 saturated heterocycles. The lowest BCUT2D eigenvalue weighted by atomic mass is 10.1. The Kier molecular flexibility index (Phi) is 6.46. The summed E-state index contributed by atoms with van der Waals surface area (Å²) in [6.45, 7) is 1.64. The molecule has 2 heterocycles. The van der Waals surface area contributed by atoms with E-state index in [2.05, 4.69) is 10.3 Å². The zero-order chi connectivity index (χ0) is 24.2. The molecule has 2 aromatic carbocycles. The van der Waals surface area contributed by atoms with Gasteiger partial charge >= 0.3 is 5.97 Å². The van der Waals surface area contributed by atoms with Crippen LogP contribution >= 0.6 is 11.3 Å². The minimum atomic E-state index is -0.499. The number of rotatable bonds is 7. The molecule has 0 unspecified atom stereocenters. The number of nitrogens with zero attached hydrogens (tertiary/aromatic N) is 3. The van der Waals surface area contributed by atoms with Crippen molar-refractivity contribution in [2.45, 2.75) is 13.5 Å². The fraction of sp³-hybridized carbons (Fsp3) is 0.130. The molecule has 0 fully saturated rings. The van der Waals surface area contributed by atoms with E-state index >= 15 is 0 Å². The van der Waals surface area contributed by atoms with Gasteiger partial charge in [0, 0.05) is 28.8 Å². The number of carbonyl (C=O) groups is 2. The highest BCUT2D eigenvalue weighted by Gasteiger charge is 2.16. The molecule has 0 spiro atoms. The lowest BCUT2D eigenvalue weighted by Gasteiger charge is -2.09. The first-order valence-corrected chi connectivity index (χ1v) is 11.0. The largest absolute Gasteiger partial charge is 0.462 e. The summed E-state index contributed by atoms with van der Waals surface area (Å²) >= 11 is 1.27. The van der Waals surface area contributed by atoms with Crippen molar-refractivity contribution >= 4 is 44.8 Å². The van der Waals surface area contributed by atoms with Crippen LogP contribution in [0.4, 0.5) is 11.4 Å². The zero-order valence-electron chi connectivity index (χ0n) is 17.9. The van der Waals surface area contributed by atoms with E-state index in [1.807, 2.05) is 0 Å². The Morgan fingerprint density at radius 1 is 1.21 bits per heavy atom. The van der Waals surface area contributed by atoms with Crippen LogP contribution in [0.2, 0.25) is 0 Å². The number of carbonyl (C=O) groups excluding carboxylic acids is 2. The number of amides is 1. The Balaban J connectivity index is 1.58. The van der Waals surface area contributed by atoms with Crippen molar-refractivity contribution in [3.63, 3.8) is 0 Å². The topological polar surface area (TPSA) is 133 Å². The fourth-order valence-corrected chi connectivity index (χ4v) is 4.26. The summed E-state index contributed by atoms with van der Waals surface area (Å²) in [6.07, 6.45) is 1.30. The maximum absolute atomic E-state index is 13.1. The molecule has 4 aromatic rings. The second kappa shape index (κ2) is 9.63. The monoisotopic (exact) mass is 478 g/mol. The smallest absolute Gasteiger partial charge is 0.338 e. The number of benzene rings is 2. The number of anilines is 1. The summed E-state index contributed by atoms with van der Waals surface area (Å²) in [5.74, 6) is -0.975. The molecule has 0 aliphatic rings. The second-order valence-corrected chi connectivity index (χ2v) is 8.02. The number of fused-ring (bicyclic) bond motifs is 1. The number of ether oxygens (including phenoxy) is 1. The standard InChI is InChI=1S/C23H18N4O6S/c1-2-33-23(30)15-4-3-5-16(10-15)25-19(28)11-26-13-24-21-20(22(26)29)18(12-34-21)14-6-8-17(9-7-14)27(31)32/h3-10,12-13H,2,11H2,1H3,(H,25,28). The van der Waals surface area contributed by atoms with Gasteiger partial charge in [-0.3, -0.25) is 24.3 Å². The molecule has 0 atom stereocenters. The van der Waals surface area contributed by atoms with Crippen LogP contribution in [0.15, 0.2) is 65.0 Å². The van der Waals surface area contributed by atoms with E-state index in [9.17, 15) is 24.5 Å². The lowest BCUT2D eigenvalue weighted by molar-refractivity contribution is -0.384. The van der Waals surface area contributed by atoms with Gasteiger partial charge in [-0.25, -0.2) is 9.78 Å². The van der Waals surface area contributed by atoms with Gasteiger partial charge in [0.2, 0.25) is 5.91 Å². The molecule has 11 heteroatoms. The van der Waals surface area contributed by atoms with Crippen LogP contribution in [0.5, 0.6) is 0 Å². The van der Waals surface area contributed by atoms with Crippen LogP contribution in [-0.2, 0) is 16.1 Å². The van der Waals surface area contributed by atoms with E-state index in [1.54, 1.807) is 42.6 Å². The highest BCUT2D eigenvalue weighted by Crippen LogP contribution is 2.31. The maximum atomic E-state index is 13.1. The van der Waals surface area contributed by atoms with Gasteiger partial charge in [-0.15, -0.1) is 11.3 Å². The normalized spacial score (nSPS) is 10.7. The molecule has 0 aliphatic heterocycles. The van der Waals surface area contributed by atoms with Crippen molar-refractivity contribution in [2.24, 2.45) is 0 Å². The Morgan fingerprint density at radius 2 is 1.97 bits per heavy atom. The van der Waals surface area contributed by atoms with Crippen molar-refractivity contribution < 1.29 is 19.2 Å². The number of hydrogen-bond donors (Lipinski definition) is 1. The lowest BCUT2D eigenvalue weighted by Crippen LogP contribution is -2.27. The zero-order valence-corrected chi connectivity index (χ0v) is 18.7. The summed E-state index contributed by atoms with van der Waals surface area (Å²) < 4.78 is 6.15.